The number of anilines is 2. The number of nitro benzene ring substituents is 2. The number of nitrogens with one attached hydrogen (secondary N) is 2. The van der Waals surface area contributed by atoms with E-state index >= 15 is 0 Å². The van der Waals surface area contributed by atoms with Crippen molar-refractivity contribution < 1.29 is 24.5 Å². The average Bonchev–Trinajstić information content (AvgIpc) is 2.60. The van der Waals surface area contributed by atoms with Gasteiger partial charge in [0.05, 0.1) is 15.4 Å². The minimum atomic E-state index is -1.33. The second kappa shape index (κ2) is 7.70. The number of carboxylic acid groups (broad SMARTS) is 1. The van der Waals surface area contributed by atoms with Crippen LogP contribution in [0.2, 0.25) is 0 Å². The van der Waals surface area contributed by atoms with Gasteiger partial charge in [-0.2, -0.15) is 0 Å². The van der Waals surface area contributed by atoms with Crippen LogP contribution in [0.5, 0.6) is 0 Å². The summed E-state index contributed by atoms with van der Waals surface area (Å²) in [7, 11) is 0. The Labute approximate surface area is 145 Å². The molecule has 11 heteroatoms. The van der Waals surface area contributed by atoms with E-state index in [9.17, 15) is 29.8 Å². The Bertz CT molecular complexity index is 848. The second-order valence-electron chi connectivity index (χ2n) is 4.97. The van der Waals surface area contributed by atoms with Gasteiger partial charge in [-0.25, -0.2) is 0 Å². The van der Waals surface area contributed by atoms with E-state index < -0.39 is 45.2 Å². The van der Waals surface area contributed by atoms with Gasteiger partial charge >= 0.3 is 17.3 Å². The summed E-state index contributed by atoms with van der Waals surface area (Å²) in [6.45, 7) is -0.732. The van der Waals surface area contributed by atoms with Gasteiger partial charge in [-0.15, -0.1) is 0 Å². The van der Waals surface area contributed by atoms with E-state index in [2.05, 4.69) is 5.32 Å². The molecule has 134 valence electrons. The molecule has 3 N–H and O–H groups in total. The molecule has 0 radical (unpaired) electrons. The van der Waals surface area contributed by atoms with Gasteiger partial charge in [-0.1, -0.05) is 18.2 Å². The van der Waals surface area contributed by atoms with Crippen molar-refractivity contribution in [1.29, 1.82) is 0 Å². The molecule has 2 aromatic rings. The lowest BCUT2D eigenvalue weighted by Gasteiger charge is -2.10. The maximum atomic E-state index is 11.9. The van der Waals surface area contributed by atoms with E-state index in [-0.39, 0.29) is 5.69 Å². The number of hydrogen-bond acceptors (Lipinski definition) is 7. The van der Waals surface area contributed by atoms with Gasteiger partial charge in [0.15, 0.2) is 5.69 Å². The van der Waals surface area contributed by atoms with Crippen molar-refractivity contribution in [2.24, 2.45) is 0 Å². The van der Waals surface area contributed by atoms with Gasteiger partial charge < -0.3 is 15.7 Å². The SMILES string of the molecule is O=C(O)CNC(=O)c1cc([N+](=O)[O-])c(Nc2ccccc2)c([N+](=O)[O-])c1. The summed E-state index contributed by atoms with van der Waals surface area (Å²) in [5.74, 6) is -2.31. The molecule has 2 aromatic carbocycles. The highest BCUT2D eigenvalue weighted by Gasteiger charge is 2.29. The fourth-order valence-corrected chi connectivity index (χ4v) is 2.08. The smallest absolute Gasteiger partial charge is 0.322 e. The molecule has 0 aliphatic heterocycles. The van der Waals surface area contributed by atoms with Crippen LogP contribution in [0, 0.1) is 20.2 Å². The topological polar surface area (TPSA) is 165 Å². The first-order chi connectivity index (χ1) is 12.3. The zero-order chi connectivity index (χ0) is 19.3. The summed E-state index contributed by atoms with van der Waals surface area (Å²) in [5.41, 5.74) is -1.79. The Hall–Kier alpha value is -4.02. The van der Waals surface area contributed by atoms with Crippen molar-refractivity contribution in [3.63, 3.8) is 0 Å². The number of carboxylic acids is 1. The third-order valence-corrected chi connectivity index (χ3v) is 3.20. The number of rotatable bonds is 7. The first kappa shape index (κ1) is 18.3. The summed E-state index contributed by atoms with van der Waals surface area (Å²) in [6, 6.07) is 9.76. The van der Waals surface area contributed by atoms with E-state index in [1.54, 1.807) is 30.3 Å². The summed E-state index contributed by atoms with van der Waals surface area (Å²) in [6.07, 6.45) is 0. The molecule has 0 aliphatic carbocycles. The molecule has 0 heterocycles. The lowest BCUT2D eigenvalue weighted by molar-refractivity contribution is -0.392. The number of aliphatic carboxylic acids is 1. The van der Waals surface area contributed by atoms with Crippen molar-refractivity contribution in [2.45, 2.75) is 0 Å². The Kier molecular flexibility index (Phi) is 5.43. The maximum Gasteiger partial charge on any atom is 0.322 e. The first-order valence-electron chi connectivity index (χ1n) is 7.08. The van der Waals surface area contributed by atoms with Crippen LogP contribution in [0.3, 0.4) is 0 Å². The molecule has 0 unspecified atom stereocenters. The number of nitro groups is 2. The van der Waals surface area contributed by atoms with Crippen molar-refractivity contribution in [3.8, 4) is 0 Å². The van der Waals surface area contributed by atoms with E-state index in [0.29, 0.717) is 5.69 Å². The quantitative estimate of drug-likeness (QED) is 0.498. The van der Waals surface area contributed by atoms with Gasteiger partial charge in [-0.3, -0.25) is 29.8 Å². The molecule has 1 amide bonds. The fourth-order valence-electron chi connectivity index (χ4n) is 2.08. The molecule has 11 nitrogen and oxygen atoms in total. The van der Waals surface area contributed by atoms with Gasteiger partial charge in [0.1, 0.15) is 6.54 Å². The zero-order valence-corrected chi connectivity index (χ0v) is 13.0. The highest BCUT2D eigenvalue weighted by atomic mass is 16.6. The monoisotopic (exact) mass is 360 g/mol. The number of carbonyl (C=O) groups is 2. The molecule has 26 heavy (non-hydrogen) atoms. The van der Waals surface area contributed by atoms with Crippen LogP contribution in [-0.2, 0) is 4.79 Å². The Morgan fingerprint density at radius 3 is 2.00 bits per heavy atom. The molecule has 0 atom stereocenters. The van der Waals surface area contributed by atoms with Crippen LogP contribution in [0.15, 0.2) is 42.5 Å². The van der Waals surface area contributed by atoms with Crippen molar-refractivity contribution in [2.75, 3.05) is 11.9 Å². The highest BCUT2D eigenvalue weighted by Crippen LogP contribution is 2.37. The van der Waals surface area contributed by atoms with Gasteiger partial charge in [-0.05, 0) is 12.1 Å². The second-order valence-corrected chi connectivity index (χ2v) is 4.97. The first-order valence-corrected chi connectivity index (χ1v) is 7.08. The maximum absolute atomic E-state index is 11.9. The largest absolute Gasteiger partial charge is 0.480 e. The molecule has 0 aromatic heterocycles. The van der Waals surface area contributed by atoms with E-state index in [4.69, 9.17) is 5.11 Å². The van der Waals surface area contributed by atoms with Gasteiger partial charge in [0, 0.05) is 17.8 Å². The van der Waals surface area contributed by atoms with Crippen LogP contribution in [0.25, 0.3) is 0 Å². The molecule has 0 bridgehead atoms. The van der Waals surface area contributed by atoms with Crippen molar-refractivity contribution in [3.05, 3.63) is 68.3 Å². The molecule has 0 saturated carbocycles. The zero-order valence-electron chi connectivity index (χ0n) is 13.0. The number of para-hydroxylation sites is 1. The molecule has 0 fully saturated rings. The Morgan fingerprint density at radius 1 is 1.00 bits per heavy atom. The third-order valence-electron chi connectivity index (χ3n) is 3.20. The average molecular weight is 360 g/mol. The fraction of sp³-hybridized carbons (Fsp3) is 0.0667. The minimum Gasteiger partial charge on any atom is -0.480 e. The Balaban J connectivity index is 2.53. The predicted molar refractivity (Wildman–Crippen MR) is 89.4 cm³/mol. The normalized spacial score (nSPS) is 10.0. The summed E-state index contributed by atoms with van der Waals surface area (Å²) >= 11 is 0. The van der Waals surface area contributed by atoms with Crippen molar-refractivity contribution >= 4 is 34.6 Å². The standard InChI is InChI=1S/C15H12N4O7/c20-13(21)8-16-15(22)9-6-11(18(23)24)14(12(7-9)19(25)26)17-10-4-2-1-3-5-10/h1-7,17H,8H2,(H,16,22)(H,20,21). The summed E-state index contributed by atoms with van der Waals surface area (Å²) in [5, 5.41) is 35.9. The molecular formula is C15H12N4O7. The van der Waals surface area contributed by atoms with Crippen LogP contribution >= 0.6 is 0 Å². The van der Waals surface area contributed by atoms with E-state index in [1.807, 2.05) is 5.32 Å². The van der Waals surface area contributed by atoms with Crippen LogP contribution < -0.4 is 10.6 Å². The summed E-state index contributed by atoms with van der Waals surface area (Å²) in [4.78, 5) is 43.4. The van der Waals surface area contributed by atoms with E-state index in [1.165, 1.54) is 0 Å². The van der Waals surface area contributed by atoms with Gasteiger partial charge in [0.2, 0.25) is 0 Å². The number of hydrogen-bond donors (Lipinski definition) is 3. The molecule has 0 aliphatic rings. The number of nitrogens with zero attached hydrogens (tertiary/aromatic N) is 2. The predicted octanol–water partition coefficient (Wildman–Crippen LogP) is 2.06. The highest BCUT2D eigenvalue weighted by molar-refractivity contribution is 5.99. The summed E-state index contributed by atoms with van der Waals surface area (Å²) < 4.78 is 0. The Morgan fingerprint density at radius 2 is 1.54 bits per heavy atom. The number of benzene rings is 2. The number of carbonyl (C=O) groups excluding carboxylic acids is 1. The van der Waals surface area contributed by atoms with Crippen LogP contribution in [0.1, 0.15) is 10.4 Å². The lowest BCUT2D eigenvalue weighted by Crippen LogP contribution is -2.29. The number of amides is 1. The molecule has 2 rings (SSSR count). The van der Waals surface area contributed by atoms with Gasteiger partial charge in [0.25, 0.3) is 5.91 Å². The molecule has 0 saturated heterocycles. The van der Waals surface area contributed by atoms with E-state index in [0.717, 1.165) is 12.1 Å². The third kappa shape index (κ3) is 4.29. The lowest BCUT2D eigenvalue weighted by atomic mass is 10.1. The van der Waals surface area contributed by atoms with Crippen LogP contribution in [0.4, 0.5) is 22.7 Å². The molecular weight excluding hydrogens is 348 g/mol. The molecule has 0 spiro atoms. The van der Waals surface area contributed by atoms with Crippen LogP contribution in [-0.4, -0.2) is 33.4 Å². The van der Waals surface area contributed by atoms with Crippen molar-refractivity contribution in [1.82, 2.24) is 5.32 Å². The minimum absolute atomic E-state index is 0.377.